The monoisotopic (exact) mass is 494 g/mol. The SMILES string of the molecule is CCCCCCCCCCCCCCC1CC(=O)NCCCN(C)CCCCN(C)CCCN1C. The normalized spacial score (nSPS) is 21.6. The second-order valence-corrected chi connectivity index (χ2v) is 11.4. The Labute approximate surface area is 219 Å². The zero-order valence-electron chi connectivity index (χ0n) is 24.3. The molecule has 1 N–H and O–H groups in total. The fraction of sp³-hybridized carbons (Fsp3) is 0.967. The predicted octanol–water partition coefficient (Wildman–Crippen LogP) is 6.32. The Balaban J connectivity index is 2.32. The lowest BCUT2D eigenvalue weighted by Crippen LogP contribution is -2.39. The number of rotatable bonds is 13. The Kier molecular flexibility index (Phi) is 20.9. The van der Waals surface area contributed by atoms with Crippen molar-refractivity contribution in [2.24, 2.45) is 0 Å². The summed E-state index contributed by atoms with van der Waals surface area (Å²) in [6.07, 6.45) is 23.2. The minimum absolute atomic E-state index is 0.241. The first-order valence-electron chi connectivity index (χ1n) is 15.4. The van der Waals surface area contributed by atoms with Crippen molar-refractivity contribution in [1.82, 2.24) is 20.0 Å². The third-order valence-corrected chi connectivity index (χ3v) is 7.85. The maximum Gasteiger partial charge on any atom is 0.221 e. The van der Waals surface area contributed by atoms with Gasteiger partial charge in [0, 0.05) is 19.0 Å². The highest BCUT2D eigenvalue weighted by Gasteiger charge is 2.18. The molecule has 0 saturated carbocycles. The molecule has 0 aromatic rings. The molecular formula is C30H62N4O. The van der Waals surface area contributed by atoms with Gasteiger partial charge in [0.15, 0.2) is 0 Å². The standard InChI is InChI=1S/C30H62N4O/c1-5-6-7-8-9-10-11-12-13-14-15-16-21-29-28-30(35)31-22-19-25-32(2)23-17-18-24-33(3)26-20-27-34(29)4/h29H,5-28H2,1-4H3,(H,31,35). The molecule has 1 unspecified atom stereocenters. The molecule has 0 aromatic carbocycles. The Morgan fingerprint density at radius 3 is 1.71 bits per heavy atom. The summed E-state index contributed by atoms with van der Waals surface area (Å²) < 4.78 is 0. The number of hydrogen-bond acceptors (Lipinski definition) is 4. The van der Waals surface area contributed by atoms with Gasteiger partial charge in [0.05, 0.1) is 0 Å². The molecule has 0 bridgehead atoms. The fourth-order valence-electron chi connectivity index (χ4n) is 5.32. The molecule has 1 aliphatic heterocycles. The van der Waals surface area contributed by atoms with E-state index >= 15 is 0 Å². The summed E-state index contributed by atoms with van der Waals surface area (Å²) >= 11 is 0. The van der Waals surface area contributed by atoms with Crippen molar-refractivity contribution < 1.29 is 4.79 Å². The van der Waals surface area contributed by atoms with Crippen molar-refractivity contribution in [2.75, 3.05) is 60.4 Å². The van der Waals surface area contributed by atoms with Gasteiger partial charge in [0.2, 0.25) is 5.91 Å². The molecule has 1 fully saturated rings. The lowest BCUT2D eigenvalue weighted by Gasteiger charge is -2.28. The van der Waals surface area contributed by atoms with Crippen LogP contribution in [0, 0.1) is 0 Å². The molecule has 35 heavy (non-hydrogen) atoms. The minimum atomic E-state index is 0.241. The summed E-state index contributed by atoms with van der Waals surface area (Å²) in [7, 11) is 6.70. The zero-order chi connectivity index (χ0) is 25.6. The number of carbonyl (C=O) groups excluding carboxylic acids is 1. The van der Waals surface area contributed by atoms with Gasteiger partial charge < -0.3 is 20.0 Å². The predicted molar refractivity (Wildman–Crippen MR) is 153 cm³/mol. The van der Waals surface area contributed by atoms with Crippen molar-refractivity contribution in [3.63, 3.8) is 0 Å². The number of carbonyl (C=O) groups is 1. The molecular weight excluding hydrogens is 432 g/mol. The Hall–Kier alpha value is -0.650. The van der Waals surface area contributed by atoms with E-state index in [0.29, 0.717) is 12.5 Å². The van der Waals surface area contributed by atoms with Gasteiger partial charge >= 0.3 is 0 Å². The average molecular weight is 495 g/mol. The van der Waals surface area contributed by atoms with Crippen LogP contribution in [0.3, 0.4) is 0 Å². The van der Waals surface area contributed by atoms with E-state index in [1.807, 2.05) is 0 Å². The first kappa shape index (κ1) is 32.4. The van der Waals surface area contributed by atoms with Crippen LogP contribution < -0.4 is 5.32 Å². The smallest absolute Gasteiger partial charge is 0.221 e. The first-order valence-corrected chi connectivity index (χ1v) is 15.4. The molecule has 5 heteroatoms. The third-order valence-electron chi connectivity index (χ3n) is 7.85. The maximum absolute atomic E-state index is 12.7. The molecule has 208 valence electrons. The van der Waals surface area contributed by atoms with Crippen molar-refractivity contribution >= 4 is 5.91 Å². The summed E-state index contributed by atoms with van der Waals surface area (Å²) in [5.41, 5.74) is 0. The summed E-state index contributed by atoms with van der Waals surface area (Å²) in [5, 5.41) is 3.20. The van der Waals surface area contributed by atoms with Crippen molar-refractivity contribution in [3.8, 4) is 0 Å². The summed E-state index contributed by atoms with van der Waals surface area (Å²) in [5.74, 6) is 0.241. The van der Waals surface area contributed by atoms with Gasteiger partial charge in [-0.15, -0.1) is 0 Å². The van der Waals surface area contributed by atoms with E-state index in [-0.39, 0.29) is 5.91 Å². The van der Waals surface area contributed by atoms with Crippen LogP contribution >= 0.6 is 0 Å². The molecule has 1 atom stereocenters. The molecule has 1 amide bonds. The summed E-state index contributed by atoms with van der Waals surface area (Å²) in [4.78, 5) is 20.0. The van der Waals surface area contributed by atoms with Crippen LogP contribution in [0.25, 0.3) is 0 Å². The van der Waals surface area contributed by atoms with Crippen LogP contribution in [0.15, 0.2) is 0 Å². The quantitative estimate of drug-likeness (QED) is 0.304. The van der Waals surface area contributed by atoms with Crippen molar-refractivity contribution in [3.05, 3.63) is 0 Å². The molecule has 1 aliphatic rings. The van der Waals surface area contributed by atoms with Gasteiger partial charge in [-0.05, 0) is 86.0 Å². The lowest BCUT2D eigenvalue weighted by molar-refractivity contribution is -0.122. The van der Waals surface area contributed by atoms with Gasteiger partial charge in [0.25, 0.3) is 0 Å². The second kappa shape index (κ2) is 22.5. The highest BCUT2D eigenvalue weighted by atomic mass is 16.1. The van der Waals surface area contributed by atoms with E-state index < -0.39 is 0 Å². The Morgan fingerprint density at radius 2 is 1.14 bits per heavy atom. The van der Waals surface area contributed by atoms with E-state index in [9.17, 15) is 4.79 Å². The second-order valence-electron chi connectivity index (χ2n) is 11.4. The van der Waals surface area contributed by atoms with E-state index in [1.54, 1.807) is 0 Å². The van der Waals surface area contributed by atoms with Gasteiger partial charge in [-0.3, -0.25) is 4.79 Å². The van der Waals surface area contributed by atoms with Gasteiger partial charge in [-0.1, -0.05) is 84.0 Å². The van der Waals surface area contributed by atoms with E-state index in [1.165, 1.54) is 103 Å². The maximum atomic E-state index is 12.7. The summed E-state index contributed by atoms with van der Waals surface area (Å²) in [6, 6.07) is 0.377. The number of hydrogen-bond donors (Lipinski definition) is 1. The highest BCUT2D eigenvalue weighted by molar-refractivity contribution is 5.76. The first-order chi connectivity index (χ1) is 17.0. The molecule has 5 nitrogen and oxygen atoms in total. The molecule has 1 saturated heterocycles. The molecule has 1 rings (SSSR count). The summed E-state index contributed by atoms with van der Waals surface area (Å²) in [6.45, 7) is 8.75. The number of amides is 1. The van der Waals surface area contributed by atoms with Crippen LogP contribution in [0.2, 0.25) is 0 Å². The van der Waals surface area contributed by atoms with Gasteiger partial charge in [-0.25, -0.2) is 0 Å². The Bertz CT molecular complexity index is 487. The van der Waals surface area contributed by atoms with Gasteiger partial charge in [-0.2, -0.15) is 0 Å². The van der Waals surface area contributed by atoms with Crippen LogP contribution in [0.4, 0.5) is 0 Å². The average Bonchev–Trinajstić information content (AvgIpc) is 2.84. The van der Waals surface area contributed by atoms with Crippen LogP contribution in [0.5, 0.6) is 0 Å². The zero-order valence-corrected chi connectivity index (χ0v) is 24.3. The topological polar surface area (TPSA) is 38.8 Å². The van der Waals surface area contributed by atoms with Crippen LogP contribution in [-0.4, -0.2) is 87.1 Å². The molecule has 0 aromatic heterocycles. The number of unbranched alkanes of at least 4 members (excludes halogenated alkanes) is 11. The van der Waals surface area contributed by atoms with E-state index in [2.05, 4.69) is 48.1 Å². The molecule has 0 aliphatic carbocycles. The van der Waals surface area contributed by atoms with Gasteiger partial charge in [0.1, 0.15) is 0 Å². The van der Waals surface area contributed by atoms with E-state index in [4.69, 9.17) is 0 Å². The minimum Gasteiger partial charge on any atom is -0.356 e. The number of nitrogens with one attached hydrogen (secondary N) is 1. The third kappa shape index (κ3) is 19.2. The Morgan fingerprint density at radius 1 is 0.657 bits per heavy atom. The highest BCUT2D eigenvalue weighted by Crippen LogP contribution is 2.16. The fourth-order valence-corrected chi connectivity index (χ4v) is 5.32. The van der Waals surface area contributed by atoms with Crippen LogP contribution in [0.1, 0.15) is 122 Å². The van der Waals surface area contributed by atoms with Crippen molar-refractivity contribution in [1.29, 1.82) is 0 Å². The molecule has 1 heterocycles. The molecule has 0 spiro atoms. The van der Waals surface area contributed by atoms with E-state index in [0.717, 1.165) is 45.6 Å². The van der Waals surface area contributed by atoms with Crippen molar-refractivity contribution in [2.45, 2.75) is 129 Å². The van der Waals surface area contributed by atoms with Crippen LogP contribution in [-0.2, 0) is 4.79 Å². The molecule has 0 radical (unpaired) electrons. The number of nitrogens with zero attached hydrogens (tertiary/aromatic N) is 3. The largest absolute Gasteiger partial charge is 0.356 e. The lowest BCUT2D eigenvalue weighted by atomic mass is 10.0.